The quantitative estimate of drug-likeness (QED) is 0.789. The Hall–Kier alpha value is -2.05. The summed E-state index contributed by atoms with van der Waals surface area (Å²) in [6.07, 6.45) is 0. The standard InChI is InChI=1S/C17H18ClNO4S/c1-3-23-17(20)14-6-9-16(12(2)10-14)19-24(21,22)11-13-4-7-15(18)8-5-13/h4-10,19H,3,11H2,1-2H3. The van der Waals surface area contributed by atoms with E-state index >= 15 is 0 Å². The molecule has 0 unspecified atom stereocenters. The third-order valence-corrected chi connectivity index (χ3v) is 4.77. The van der Waals surface area contributed by atoms with Crippen LogP contribution in [0.5, 0.6) is 0 Å². The molecule has 7 heteroatoms. The molecule has 2 aromatic carbocycles. The Balaban J connectivity index is 2.14. The number of rotatable bonds is 6. The van der Waals surface area contributed by atoms with Crippen LogP contribution in [0.15, 0.2) is 42.5 Å². The van der Waals surface area contributed by atoms with Crippen molar-refractivity contribution in [3.63, 3.8) is 0 Å². The predicted octanol–water partition coefficient (Wildman–Crippen LogP) is 3.77. The van der Waals surface area contributed by atoms with Gasteiger partial charge in [0.25, 0.3) is 0 Å². The van der Waals surface area contributed by atoms with E-state index in [1.807, 2.05) is 0 Å². The van der Waals surface area contributed by atoms with Crippen molar-refractivity contribution < 1.29 is 17.9 Å². The Labute approximate surface area is 146 Å². The average Bonchev–Trinajstić information content (AvgIpc) is 2.51. The van der Waals surface area contributed by atoms with E-state index in [1.54, 1.807) is 50.2 Å². The van der Waals surface area contributed by atoms with Crippen LogP contribution < -0.4 is 4.72 Å². The lowest BCUT2D eigenvalue weighted by Gasteiger charge is -2.12. The summed E-state index contributed by atoms with van der Waals surface area (Å²) in [5.74, 6) is -0.598. The zero-order chi connectivity index (χ0) is 17.7. The van der Waals surface area contributed by atoms with Crippen LogP contribution in [0.1, 0.15) is 28.4 Å². The van der Waals surface area contributed by atoms with E-state index in [9.17, 15) is 13.2 Å². The first-order valence-electron chi connectivity index (χ1n) is 7.33. The van der Waals surface area contributed by atoms with Gasteiger partial charge >= 0.3 is 5.97 Å². The molecule has 0 aliphatic carbocycles. The summed E-state index contributed by atoms with van der Waals surface area (Å²) in [5.41, 5.74) is 2.08. The number of ether oxygens (including phenoxy) is 1. The highest BCUT2D eigenvalue weighted by atomic mass is 35.5. The molecule has 0 saturated heterocycles. The number of anilines is 1. The molecule has 0 spiro atoms. The molecule has 0 aliphatic rings. The molecular weight excluding hydrogens is 350 g/mol. The Morgan fingerprint density at radius 1 is 1.17 bits per heavy atom. The highest BCUT2D eigenvalue weighted by molar-refractivity contribution is 7.91. The minimum absolute atomic E-state index is 0.163. The Morgan fingerprint density at radius 3 is 2.42 bits per heavy atom. The van der Waals surface area contributed by atoms with Gasteiger partial charge in [0.05, 0.1) is 23.6 Å². The van der Waals surface area contributed by atoms with Gasteiger partial charge in [-0.1, -0.05) is 23.7 Å². The molecule has 0 fully saturated rings. The van der Waals surface area contributed by atoms with E-state index in [1.165, 1.54) is 6.07 Å². The van der Waals surface area contributed by atoms with Gasteiger partial charge in [-0.05, 0) is 55.3 Å². The number of hydrogen-bond acceptors (Lipinski definition) is 4. The highest BCUT2D eigenvalue weighted by Gasteiger charge is 2.15. The third-order valence-electron chi connectivity index (χ3n) is 3.27. The number of halogens is 1. The minimum atomic E-state index is -3.58. The zero-order valence-electron chi connectivity index (χ0n) is 13.4. The fourth-order valence-electron chi connectivity index (χ4n) is 2.12. The first kappa shape index (κ1) is 18.3. The zero-order valence-corrected chi connectivity index (χ0v) is 14.9. The van der Waals surface area contributed by atoms with Crippen molar-refractivity contribution in [2.75, 3.05) is 11.3 Å². The van der Waals surface area contributed by atoms with Gasteiger partial charge in [-0.25, -0.2) is 13.2 Å². The van der Waals surface area contributed by atoms with Crippen molar-refractivity contribution in [2.24, 2.45) is 0 Å². The van der Waals surface area contributed by atoms with Crippen LogP contribution in [0.4, 0.5) is 5.69 Å². The van der Waals surface area contributed by atoms with Crippen molar-refractivity contribution in [3.05, 3.63) is 64.2 Å². The summed E-state index contributed by atoms with van der Waals surface area (Å²) < 4.78 is 32.0. The summed E-state index contributed by atoms with van der Waals surface area (Å²) in [4.78, 5) is 11.7. The Kier molecular flexibility index (Phi) is 5.85. The maximum absolute atomic E-state index is 12.3. The van der Waals surface area contributed by atoms with Crippen molar-refractivity contribution in [2.45, 2.75) is 19.6 Å². The van der Waals surface area contributed by atoms with Crippen LogP contribution in [0.25, 0.3) is 0 Å². The van der Waals surface area contributed by atoms with Gasteiger partial charge in [-0.2, -0.15) is 0 Å². The normalized spacial score (nSPS) is 11.1. The van der Waals surface area contributed by atoms with Crippen LogP contribution in [0, 0.1) is 6.92 Å². The second-order valence-electron chi connectivity index (χ2n) is 5.24. The second kappa shape index (κ2) is 7.68. The molecule has 1 N–H and O–H groups in total. The molecule has 2 aromatic rings. The first-order valence-corrected chi connectivity index (χ1v) is 9.36. The molecule has 0 saturated carbocycles. The molecular formula is C17H18ClNO4S. The molecule has 0 aliphatic heterocycles. The molecule has 0 amide bonds. The number of esters is 1. The van der Waals surface area contributed by atoms with Crippen LogP contribution in [-0.2, 0) is 20.5 Å². The fourth-order valence-corrected chi connectivity index (χ4v) is 3.52. The van der Waals surface area contributed by atoms with Gasteiger partial charge in [-0.15, -0.1) is 0 Å². The molecule has 0 atom stereocenters. The second-order valence-corrected chi connectivity index (χ2v) is 7.40. The number of benzene rings is 2. The van der Waals surface area contributed by atoms with Crippen LogP contribution in [0.3, 0.4) is 0 Å². The van der Waals surface area contributed by atoms with Crippen molar-refractivity contribution in [3.8, 4) is 0 Å². The van der Waals surface area contributed by atoms with Gasteiger partial charge in [-0.3, -0.25) is 4.72 Å². The summed E-state index contributed by atoms with van der Waals surface area (Å²) in [6.45, 7) is 3.74. The van der Waals surface area contributed by atoms with E-state index in [0.29, 0.717) is 27.4 Å². The van der Waals surface area contributed by atoms with Gasteiger partial charge in [0, 0.05) is 5.02 Å². The average molecular weight is 368 g/mol. The predicted molar refractivity (Wildman–Crippen MR) is 94.8 cm³/mol. The smallest absolute Gasteiger partial charge is 0.338 e. The van der Waals surface area contributed by atoms with Gasteiger partial charge < -0.3 is 4.74 Å². The van der Waals surface area contributed by atoms with E-state index < -0.39 is 16.0 Å². The van der Waals surface area contributed by atoms with E-state index in [0.717, 1.165) is 0 Å². The number of carbonyl (C=O) groups is 1. The molecule has 5 nitrogen and oxygen atoms in total. The first-order chi connectivity index (χ1) is 11.3. The monoisotopic (exact) mass is 367 g/mol. The van der Waals surface area contributed by atoms with Gasteiger partial charge in [0.2, 0.25) is 10.0 Å². The number of hydrogen-bond donors (Lipinski definition) is 1. The number of carbonyl (C=O) groups excluding carboxylic acids is 1. The van der Waals surface area contributed by atoms with E-state index in [-0.39, 0.29) is 12.4 Å². The molecule has 0 radical (unpaired) electrons. The molecule has 2 rings (SSSR count). The molecule has 0 aromatic heterocycles. The summed E-state index contributed by atoms with van der Waals surface area (Å²) in [7, 11) is -3.58. The Morgan fingerprint density at radius 2 is 1.83 bits per heavy atom. The third kappa shape index (κ3) is 4.97. The molecule has 0 bridgehead atoms. The number of sulfonamides is 1. The SMILES string of the molecule is CCOC(=O)c1ccc(NS(=O)(=O)Cc2ccc(Cl)cc2)c(C)c1. The van der Waals surface area contributed by atoms with Crippen molar-refractivity contribution in [1.82, 2.24) is 0 Å². The van der Waals surface area contributed by atoms with E-state index in [2.05, 4.69) is 4.72 Å². The number of aryl methyl sites for hydroxylation is 1. The number of nitrogens with one attached hydrogen (secondary N) is 1. The summed E-state index contributed by atoms with van der Waals surface area (Å²) in [5, 5.41) is 0.550. The Bertz CT molecular complexity index is 832. The highest BCUT2D eigenvalue weighted by Crippen LogP contribution is 2.20. The lowest BCUT2D eigenvalue weighted by Crippen LogP contribution is -2.16. The topological polar surface area (TPSA) is 72.5 Å². The summed E-state index contributed by atoms with van der Waals surface area (Å²) in [6, 6.07) is 11.3. The van der Waals surface area contributed by atoms with Crippen LogP contribution in [0.2, 0.25) is 5.02 Å². The summed E-state index contributed by atoms with van der Waals surface area (Å²) >= 11 is 5.79. The lowest BCUT2D eigenvalue weighted by molar-refractivity contribution is 0.0526. The van der Waals surface area contributed by atoms with E-state index in [4.69, 9.17) is 16.3 Å². The fraction of sp³-hybridized carbons (Fsp3) is 0.235. The van der Waals surface area contributed by atoms with Gasteiger partial charge in [0.15, 0.2) is 0 Å². The molecule has 24 heavy (non-hydrogen) atoms. The molecule has 0 heterocycles. The van der Waals surface area contributed by atoms with Crippen LogP contribution in [-0.4, -0.2) is 21.0 Å². The van der Waals surface area contributed by atoms with Gasteiger partial charge in [0.1, 0.15) is 0 Å². The lowest BCUT2D eigenvalue weighted by atomic mass is 10.1. The molecule has 128 valence electrons. The maximum Gasteiger partial charge on any atom is 0.338 e. The largest absolute Gasteiger partial charge is 0.462 e. The van der Waals surface area contributed by atoms with Crippen LogP contribution >= 0.6 is 11.6 Å². The van der Waals surface area contributed by atoms with Crippen molar-refractivity contribution in [1.29, 1.82) is 0 Å². The maximum atomic E-state index is 12.3. The minimum Gasteiger partial charge on any atom is -0.462 e. The van der Waals surface area contributed by atoms with Crippen molar-refractivity contribution >= 4 is 33.3 Å².